The zero-order chi connectivity index (χ0) is 74.8. The van der Waals surface area contributed by atoms with E-state index in [1.54, 1.807) is 0 Å². The van der Waals surface area contributed by atoms with Gasteiger partial charge in [0.1, 0.15) is 72.6 Å². The Kier molecular flexibility index (Phi) is 26.9. The van der Waals surface area contributed by atoms with Crippen LogP contribution >= 0.6 is 45.5 Å². The normalized spacial score (nSPS) is 46.3. The number of nitrogens with one attached hydrogen (secondary N) is 2. The van der Waals surface area contributed by atoms with Crippen LogP contribution in [0.5, 0.6) is 0 Å². The molecule has 30 heteroatoms. The number of alkyl halides is 1. The number of nitrogens with zero attached hydrogens (tertiary/aromatic N) is 1. The Morgan fingerprint density at radius 2 is 1.34 bits per heavy atom. The number of rotatable bonds is 27. The molecule has 16 N–H and O–H groups in total. The Bertz CT molecular complexity index is 2900. The fourth-order valence-corrected chi connectivity index (χ4v) is 21.9. The maximum atomic E-state index is 16.1. The van der Waals surface area contributed by atoms with E-state index in [9.17, 15) is 81.1 Å². The molecule has 0 aromatic rings. The molecule has 4 saturated heterocycles. The molecular weight excluding hydrogens is 1550 g/mol. The van der Waals surface area contributed by atoms with Gasteiger partial charge in [0.2, 0.25) is 18.1 Å². The van der Waals surface area contributed by atoms with Gasteiger partial charge in [-0.25, -0.2) is 3.21 Å². The Balaban J connectivity index is 0.953. The molecule has 2 amide bonds. The van der Waals surface area contributed by atoms with E-state index < -0.39 is 218 Å². The molecule has 580 valence electrons. The number of carbonyl (C=O) groups excluding carboxylic acids is 3. The van der Waals surface area contributed by atoms with Gasteiger partial charge in [0, 0.05) is 24.1 Å². The average molecular weight is 1670 g/mol. The van der Waals surface area contributed by atoms with E-state index in [1.807, 2.05) is 77.5 Å². The van der Waals surface area contributed by atoms with E-state index >= 15 is 4.79 Å². The summed E-state index contributed by atoms with van der Waals surface area (Å²) in [6.07, 6.45) is -24.4. The minimum Gasteiger partial charge on any atom is -0.432 e. The first-order chi connectivity index (χ1) is 47.2. The predicted octanol–water partition coefficient (Wildman–Crippen LogP) is 1.79. The lowest BCUT2D eigenvalue weighted by atomic mass is 9.27. The third kappa shape index (κ3) is 15.7. The molecule has 9 rings (SSSR count). The SMILES string of the molecule is CC[C@H](C)[C@H](C[C@H](O)CC(=O)N[C@H]1C(CO)O[C@@H](OC(=O)[C@]2(CCC(C)(C)C)C(I)C3=CC4(C)CC5C6(C)CC[C@H](O)C(C)(C=NI)C6CCC54C3(C)C[C@@H]2O)C(O[C@@H]2OC(C)[C@H](O[C@@H]3OC[C@@H](O)C(O)C3O)C(O)C2O)C1O)NC(=O)C[C@@H](O)C[C@H](O[C@@H]1O[C@@H](CO)C(O)C1O)[C@@H](C)CC. The van der Waals surface area contributed by atoms with Crippen LogP contribution in [0, 0.1) is 61.6 Å². The third-order valence-electron chi connectivity index (χ3n) is 26.0. The second kappa shape index (κ2) is 32.6. The lowest BCUT2D eigenvalue weighted by Crippen LogP contribution is -2.73. The molecule has 4 saturated carbocycles. The molecule has 35 atom stereocenters. The second-order valence-electron chi connectivity index (χ2n) is 33.4. The minimum absolute atomic E-state index is 0.0676. The number of hydrogen-bond donors (Lipinski definition) is 16. The summed E-state index contributed by atoms with van der Waals surface area (Å²) in [7, 11) is 0. The highest BCUT2D eigenvalue weighted by Gasteiger charge is 2.82. The first-order valence-electron chi connectivity index (χ1n) is 36.5. The van der Waals surface area contributed by atoms with Gasteiger partial charge >= 0.3 is 5.97 Å². The fourth-order valence-electron chi connectivity index (χ4n) is 19.5. The van der Waals surface area contributed by atoms with Crippen molar-refractivity contribution in [2.45, 2.75) is 324 Å². The highest BCUT2D eigenvalue weighted by molar-refractivity contribution is 14.1. The van der Waals surface area contributed by atoms with Gasteiger partial charge in [0.05, 0.1) is 102 Å². The third-order valence-corrected chi connectivity index (χ3v) is 28.0. The number of esters is 1. The van der Waals surface area contributed by atoms with E-state index in [0.717, 1.165) is 31.3 Å². The standard InChI is InChI=1S/C71H117I2N3O25/c1-13-32(3)38(75-47(84)24-36(80)22-40(33(4)14-2)96-62-55(91)51(87)42(29-78)98-62)21-35(79)23-48(85)76-49-41(28-77)97-63(58(52(49)88)100-61-56(92)53(89)57(34(5)95-61)99-60-54(90)50(86)39(81)30-94-60)101-64(93)70(20-19-65(6,7)8)46(83)27-69(12)37(59(70)72)25-66(9)26-44-67(10)17-16-45(82)68(11,31-74-73)43(67)15-18-71(44,66)69/h25,31-36,38-46,49-63,77-83,86-92H,13-24,26-30H2,1-12H3,(H,75,84)(H,76,85)/t32-,33-,34?,35-,36-,38-,39+,40-,41?,42-,43?,44?,45-,46-,49-,50?,51?,52?,53?,54?,55?,56?,57-,58?,59?,60-,61-,62+,63-,66?,67?,68?,69?,70-,71?/m0/s1. The number of hydrogen-bond acceptors (Lipinski definition) is 26. The van der Waals surface area contributed by atoms with Gasteiger partial charge in [-0.15, -0.1) is 0 Å². The first kappa shape index (κ1) is 83.5. The van der Waals surface area contributed by atoms with Crippen LogP contribution < -0.4 is 10.6 Å². The van der Waals surface area contributed by atoms with Gasteiger partial charge in [-0.05, 0) is 115 Å². The number of amides is 2. The number of carbonyl (C=O) groups is 3. The quantitative estimate of drug-likeness (QED) is 0.0183. The summed E-state index contributed by atoms with van der Waals surface area (Å²) in [4.78, 5) is 44.1. The molecule has 1 spiro atoms. The molecule has 4 heterocycles. The number of allylic oxidation sites excluding steroid dienone is 2. The smallest absolute Gasteiger partial charge is 0.318 e. The number of halogens is 2. The minimum atomic E-state index is -2.05. The lowest BCUT2D eigenvalue weighted by Gasteiger charge is -2.77. The van der Waals surface area contributed by atoms with E-state index in [4.69, 9.17) is 37.9 Å². The molecule has 18 unspecified atom stereocenters. The number of ether oxygens (including phenoxy) is 8. The maximum Gasteiger partial charge on any atom is 0.318 e. The molecular formula is C71H117I2N3O25. The lowest BCUT2D eigenvalue weighted by molar-refractivity contribution is -0.369. The van der Waals surface area contributed by atoms with Crippen molar-refractivity contribution in [3.8, 4) is 0 Å². The summed E-state index contributed by atoms with van der Waals surface area (Å²) in [6.45, 7) is 22.1. The summed E-state index contributed by atoms with van der Waals surface area (Å²) in [5.41, 5.74) is -3.05. The van der Waals surface area contributed by atoms with Crippen LogP contribution in [0.3, 0.4) is 0 Å². The predicted molar refractivity (Wildman–Crippen MR) is 379 cm³/mol. The van der Waals surface area contributed by atoms with Crippen molar-refractivity contribution >= 4 is 69.5 Å². The Hall–Kier alpha value is -1.56. The van der Waals surface area contributed by atoms with E-state index in [0.29, 0.717) is 25.7 Å². The van der Waals surface area contributed by atoms with Crippen molar-refractivity contribution < 1.29 is 124 Å². The summed E-state index contributed by atoms with van der Waals surface area (Å²) < 4.78 is 52.1. The molecule has 0 radical (unpaired) electrons. The van der Waals surface area contributed by atoms with Crippen LogP contribution in [-0.4, -0.2) is 266 Å². The van der Waals surface area contributed by atoms with Gasteiger partial charge in [0.25, 0.3) is 0 Å². The molecule has 5 aliphatic carbocycles. The summed E-state index contributed by atoms with van der Waals surface area (Å²) in [5.74, 6) is -2.51. The molecule has 28 nitrogen and oxygen atoms in total. The van der Waals surface area contributed by atoms with Crippen LogP contribution in [0.4, 0.5) is 0 Å². The highest BCUT2D eigenvalue weighted by atomic mass is 127. The van der Waals surface area contributed by atoms with Crippen molar-refractivity contribution in [2.24, 2.45) is 64.8 Å². The molecule has 0 aromatic heterocycles. The zero-order valence-electron chi connectivity index (χ0n) is 60.4. The number of aliphatic hydroxyl groups is 14. The Labute approximate surface area is 620 Å². The molecule has 0 aromatic carbocycles. The van der Waals surface area contributed by atoms with Crippen LogP contribution in [0.1, 0.15) is 173 Å². The van der Waals surface area contributed by atoms with Crippen molar-refractivity contribution in [1.29, 1.82) is 0 Å². The molecule has 101 heavy (non-hydrogen) atoms. The molecule has 8 fully saturated rings. The van der Waals surface area contributed by atoms with Crippen molar-refractivity contribution in [3.63, 3.8) is 0 Å². The van der Waals surface area contributed by atoms with E-state index in [-0.39, 0.29) is 71.0 Å². The molecule has 4 aliphatic heterocycles. The first-order valence-corrected chi connectivity index (χ1v) is 38.7. The number of fused-ring (bicyclic) bond motifs is 3. The van der Waals surface area contributed by atoms with Gasteiger partial charge in [-0.3, -0.25) is 14.4 Å². The van der Waals surface area contributed by atoms with Crippen LogP contribution in [0.25, 0.3) is 0 Å². The zero-order valence-corrected chi connectivity index (χ0v) is 64.7. The summed E-state index contributed by atoms with van der Waals surface area (Å²) >= 11 is 4.30. The average Bonchev–Trinajstić information content (AvgIpc) is 1.50. The topological polar surface area (TPSA) is 445 Å². The largest absolute Gasteiger partial charge is 0.432 e. The van der Waals surface area contributed by atoms with Crippen LogP contribution in [-0.2, 0) is 52.3 Å². The van der Waals surface area contributed by atoms with Gasteiger partial charge in [0.15, 0.2) is 25.0 Å². The van der Waals surface area contributed by atoms with E-state index in [2.05, 4.69) is 70.2 Å². The molecule has 9 aliphatic rings. The highest BCUT2D eigenvalue weighted by Crippen LogP contribution is 2.86. The van der Waals surface area contributed by atoms with Gasteiger partial charge < -0.3 is 120 Å². The van der Waals surface area contributed by atoms with Crippen molar-refractivity contribution in [2.75, 3.05) is 19.8 Å². The van der Waals surface area contributed by atoms with E-state index in [1.165, 1.54) is 6.92 Å². The van der Waals surface area contributed by atoms with Crippen molar-refractivity contribution in [3.05, 3.63) is 11.6 Å². The second-order valence-corrected chi connectivity index (χ2v) is 35.2. The summed E-state index contributed by atoms with van der Waals surface area (Å²) in [5, 5.41) is 163. The monoisotopic (exact) mass is 1670 g/mol. The van der Waals surface area contributed by atoms with Gasteiger partial charge in [-0.2, -0.15) is 0 Å². The van der Waals surface area contributed by atoms with Crippen LogP contribution in [0.15, 0.2) is 14.9 Å². The van der Waals surface area contributed by atoms with Gasteiger partial charge in [-0.1, -0.05) is 123 Å². The maximum absolute atomic E-state index is 16.1. The Morgan fingerprint density at radius 1 is 0.723 bits per heavy atom. The Morgan fingerprint density at radius 3 is 1.96 bits per heavy atom. The number of aliphatic hydroxyl groups excluding tert-OH is 14. The molecule has 0 bridgehead atoms. The van der Waals surface area contributed by atoms with Crippen molar-refractivity contribution in [1.82, 2.24) is 10.6 Å². The summed E-state index contributed by atoms with van der Waals surface area (Å²) in [6, 6.07) is -2.37. The van der Waals surface area contributed by atoms with Crippen LogP contribution in [0.2, 0.25) is 0 Å². The fraction of sp³-hybridized carbons (Fsp3) is 0.915.